The Morgan fingerprint density at radius 1 is 0.444 bits per heavy atom. The molecule has 1 aromatic heterocycles. The third kappa shape index (κ3) is 4.06. The molecule has 214 valence electrons. The Hall–Kier alpha value is -5.18. The molecule has 0 atom stereocenters. The smallest absolute Gasteiger partial charge is 0.0468 e. The van der Waals surface area contributed by atoms with Crippen LogP contribution < -0.4 is 4.90 Å². The van der Waals surface area contributed by atoms with Crippen LogP contribution in [0.4, 0.5) is 17.1 Å². The number of rotatable bonds is 4. The Labute approximate surface area is 267 Å². The van der Waals surface area contributed by atoms with Gasteiger partial charge in [-0.25, -0.2) is 0 Å². The third-order valence-electron chi connectivity index (χ3n) is 9.65. The lowest BCUT2D eigenvalue weighted by atomic mass is 9.82. The van der Waals surface area contributed by atoms with Crippen LogP contribution in [0.5, 0.6) is 0 Å². The number of fused-ring (bicyclic) bond motifs is 7. The largest absolute Gasteiger partial charge is 0.310 e. The normalized spacial score (nSPS) is 13.3. The second-order valence-corrected chi connectivity index (χ2v) is 13.7. The fraction of sp³-hybridized carbons (Fsp3) is 0.0698. The Bertz CT molecular complexity index is 2420. The molecule has 2 heteroatoms. The first-order valence-corrected chi connectivity index (χ1v) is 16.4. The van der Waals surface area contributed by atoms with E-state index in [9.17, 15) is 0 Å². The second kappa shape index (κ2) is 9.92. The SMILES string of the molecule is CC1(C)c2ccccc2-c2ccc(N(c3cccc(-c4cccc5ccccc45)c3)c3ccc4sc5ccccc5c4c3)cc21. The summed E-state index contributed by atoms with van der Waals surface area (Å²) in [5.41, 5.74) is 11.3. The minimum atomic E-state index is -0.0775. The molecule has 7 aromatic carbocycles. The van der Waals surface area contributed by atoms with Gasteiger partial charge in [0.1, 0.15) is 0 Å². The van der Waals surface area contributed by atoms with E-state index in [2.05, 4.69) is 170 Å². The molecule has 0 aliphatic heterocycles. The molecule has 0 amide bonds. The van der Waals surface area contributed by atoms with Crippen LogP contribution in [0.25, 0.3) is 53.2 Å². The summed E-state index contributed by atoms with van der Waals surface area (Å²) < 4.78 is 2.64. The van der Waals surface area contributed by atoms with Crippen LogP contribution in [0.15, 0.2) is 152 Å². The molecule has 1 aliphatic carbocycles. The number of hydrogen-bond acceptors (Lipinski definition) is 2. The molecule has 0 spiro atoms. The highest BCUT2D eigenvalue weighted by molar-refractivity contribution is 7.25. The summed E-state index contributed by atoms with van der Waals surface area (Å²) in [6, 6.07) is 56.0. The van der Waals surface area contributed by atoms with Gasteiger partial charge in [0, 0.05) is 42.6 Å². The van der Waals surface area contributed by atoms with Gasteiger partial charge in [-0.15, -0.1) is 11.3 Å². The molecular weight excluding hydrogens is 563 g/mol. The number of nitrogens with zero attached hydrogens (tertiary/aromatic N) is 1. The van der Waals surface area contributed by atoms with E-state index in [1.165, 1.54) is 70.0 Å². The predicted molar refractivity (Wildman–Crippen MR) is 195 cm³/mol. The summed E-state index contributed by atoms with van der Waals surface area (Å²) in [7, 11) is 0. The van der Waals surface area contributed by atoms with Crippen LogP contribution in [0.2, 0.25) is 0 Å². The Morgan fingerprint density at radius 2 is 1.09 bits per heavy atom. The first-order chi connectivity index (χ1) is 22.1. The van der Waals surface area contributed by atoms with E-state index in [1.807, 2.05) is 11.3 Å². The van der Waals surface area contributed by atoms with Crippen molar-refractivity contribution in [2.75, 3.05) is 4.90 Å². The first-order valence-electron chi connectivity index (χ1n) is 15.6. The number of hydrogen-bond donors (Lipinski definition) is 0. The van der Waals surface area contributed by atoms with Crippen LogP contribution >= 0.6 is 11.3 Å². The van der Waals surface area contributed by atoms with E-state index < -0.39 is 0 Å². The van der Waals surface area contributed by atoms with Crippen molar-refractivity contribution < 1.29 is 0 Å². The number of benzene rings is 7. The molecular formula is C43H31NS. The van der Waals surface area contributed by atoms with Gasteiger partial charge in [0.2, 0.25) is 0 Å². The molecule has 1 heterocycles. The molecule has 1 aliphatic rings. The standard InChI is InChI=1S/C43H31NS/c1-43(2)39-19-7-5-16-35(39)36-23-21-32(27-40(36)43)44(31-22-24-42-38(26-31)37-17-6-8-20-41(37)45-42)30-14-9-13-29(25-30)34-18-10-12-28-11-3-4-15-33(28)34/h3-27H,1-2H3. The van der Waals surface area contributed by atoms with Crippen molar-refractivity contribution in [3.63, 3.8) is 0 Å². The summed E-state index contributed by atoms with van der Waals surface area (Å²) in [6.45, 7) is 4.72. The van der Waals surface area contributed by atoms with Crippen molar-refractivity contribution in [1.82, 2.24) is 0 Å². The summed E-state index contributed by atoms with van der Waals surface area (Å²) in [6.07, 6.45) is 0. The monoisotopic (exact) mass is 593 g/mol. The van der Waals surface area contributed by atoms with Crippen molar-refractivity contribution in [1.29, 1.82) is 0 Å². The third-order valence-corrected chi connectivity index (χ3v) is 10.8. The van der Waals surface area contributed by atoms with Crippen LogP contribution in [0.1, 0.15) is 25.0 Å². The maximum Gasteiger partial charge on any atom is 0.0468 e. The van der Waals surface area contributed by atoms with Gasteiger partial charge in [0.15, 0.2) is 0 Å². The highest BCUT2D eigenvalue weighted by Crippen LogP contribution is 2.51. The van der Waals surface area contributed by atoms with Gasteiger partial charge in [0.05, 0.1) is 0 Å². The molecule has 0 unspecified atom stereocenters. The van der Waals surface area contributed by atoms with Crippen molar-refractivity contribution >= 4 is 59.3 Å². The highest BCUT2D eigenvalue weighted by atomic mass is 32.1. The lowest BCUT2D eigenvalue weighted by Crippen LogP contribution is -2.16. The fourth-order valence-corrected chi connectivity index (χ4v) is 8.51. The zero-order valence-corrected chi connectivity index (χ0v) is 26.1. The fourth-order valence-electron chi connectivity index (χ4n) is 7.42. The summed E-state index contributed by atoms with van der Waals surface area (Å²) in [5, 5.41) is 5.14. The average Bonchev–Trinajstić information content (AvgIpc) is 3.56. The molecule has 0 fully saturated rings. The van der Waals surface area contributed by atoms with Gasteiger partial charge >= 0.3 is 0 Å². The predicted octanol–water partition coefficient (Wildman–Crippen LogP) is 12.7. The number of thiophene rings is 1. The molecule has 0 radical (unpaired) electrons. The number of anilines is 3. The van der Waals surface area contributed by atoms with Gasteiger partial charge in [0.25, 0.3) is 0 Å². The summed E-state index contributed by atoms with van der Waals surface area (Å²) >= 11 is 1.87. The van der Waals surface area contributed by atoms with E-state index in [0.717, 1.165) is 11.4 Å². The summed E-state index contributed by atoms with van der Waals surface area (Å²) in [4.78, 5) is 2.44. The first kappa shape index (κ1) is 26.2. The highest BCUT2D eigenvalue weighted by Gasteiger charge is 2.35. The van der Waals surface area contributed by atoms with Crippen LogP contribution in [-0.4, -0.2) is 0 Å². The van der Waals surface area contributed by atoms with Gasteiger partial charge < -0.3 is 4.90 Å². The van der Waals surface area contributed by atoms with Crippen molar-refractivity contribution in [3.05, 3.63) is 163 Å². The maximum absolute atomic E-state index is 2.44. The van der Waals surface area contributed by atoms with E-state index in [1.54, 1.807) is 0 Å². The molecule has 8 aromatic rings. The van der Waals surface area contributed by atoms with Crippen molar-refractivity contribution in [3.8, 4) is 22.3 Å². The van der Waals surface area contributed by atoms with Crippen LogP contribution in [-0.2, 0) is 5.41 Å². The molecule has 1 nitrogen and oxygen atoms in total. The van der Waals surface area contributed by atoms with Gasteiger partial charge in [-0.1, -0.05) is 117 Å². The Morgan fingerprint density at radius 3 is 2.02 bits per heavy atom. The lowest BCUT2D eigenvalue weighted by molar-refractivity contribution is 0.660. The quantitative estimate of drug-likeness (QED) is 0.196. The average molecular weight is 594 g/mol. The lowest BCUT2D eigenvalue weighted by Gasteiger charge is -2.28. The van der Waals surface area contributed by atoms with Crippen LogP contribution in [0, 0.1) is 0 Å². The van der Waals surface area contributed by atoms with Gasteiger partial charge in [-0.3, -0.25) is 0 Å². The molecule has 0 bridgehead atoms. The molecule has 0 saturated carbocycles. The Balaban J connectivity index is 1.27. The van der Waals surface area contributed by atoms with Crippen molar-refractivity contribution in [2.45, 2.75) is 19.3 Å². The zero-order chi connectivity index (χ0) is 30.1. The van der Waals surface area contributed by atoms with E-state index in [-0.39, 0.29) is 5.41 Å². The zero-order valence-electron chi connectivity index (χ0n) is 25.3. The molecule has 45 heavy (non-hydrogen) atoms. The maximum atomic E-state index is 2.44. The second-order valence-electron chi connectivity index (χ2n) is 12.6. The molecule has 0 saturated heterocycles. The van der Waals surface area contributed by atoms with E-state index >= 15 is 0 Å². The van der Waals surface area contributed by atoms with E-state index in [0.29, 0.717) is 0 Å². The van der Waals surface area contributed by atoms with E-state index in [4.69, 9.17) is 0 Å². The minimum Gasteiger partial charge on any atom is -0.310 e. The van der Waals surface area contributed by atoms with Gasteiger partial charge in [-0.2, -0.15) is 0 Å². The van der Waals surface area contributed by atoms with Crippen LogP contribution in [0.3, 0.4) is 0 Å². The summed E-state index contributed by atoms with van der Waals surface area (Å²) in [5.74, 6) is 0. The topological polar surface area (TPSA) is 3.24 Å². The van der Waals surface area contributed by atoms with Gasteiger partial charge in [-0.05, 0) is 92.7 Å². The van der Waals surface area contributed by atoms with Crippen molar-refractivity contribution in [2.24, 2.45) is 0 Å². The minimum absolute atomic E-state index is 0.0775. The Kier molecular flexibility index (Phi) is 5.78. The molecule has 9 rings (SSSR count). The molecule has 0 N–H and O–H groups in total.